The lowest BCUT2D eigenvalue weighted by atomic mass is 10.00. The Balaban J connectivity index is 2.05. The smallest absolute Gasteiger partial charge is 0.0596 e. The maximum atomic E-state index is 6.13. The Kier molecular flexibility index (Phi) is 1.72. The summed E-state index contributed by atoms with van der Waals surface area (Å²) in [5.74, 6) is 0. The Labute approximate surface area is 82.3 Å². The molecule has 0 aromatic carbocycles. The molecular weight excluding hydrogens is 180 g/mol. The SMILES string of the molecule is NC1CCN2CCc3ccsc3C12. The highest BCUT2D eigenvalue weighted by Crippen LogP contribution is 2.39. The zero-order valence-corrected chi connectivity index (χ0v) is 8.39. The minimum atomic E-state index is 0.373. The third-order valence-electron chi connectivity index (χ3n) is 3.27. The molecule has 1 saturated heterocycles. The van der Waals surface area contributed by atoms with Crippen LogP contribution in [0, 0.1) is 0 Å². The van der Waals surface area contributed by atoms with E-state index in [1.165, 1.54) is 30.8 Å². The molecule has 1 fully saturated rings. The largest absolute Gasteiger partial charge is 0.326 e. The zero-order valence-electron chi connectivity index (χ0n) is 7.57. The van der Waals surface area contributed by atoms with E-state index in [0.29, 0.717) is 12.1 Å². The molecule has 0 amide bonds. The highest BCUT2D eigenvalue weighted by Gasteiger charge is 2.37. The summed E-state index contributed by atoms with van der Waals surface area (Å²) in [5, 5.41) is 2.21. The van der Waals surface area contributed by atoms with Crippen molar-refractivity contribution in [1.29, 1.82) is 0 Å². The van der Waals surface area contributed by atoms with Crippen molar-refractivity contribution in [2.45, 2.75) is 24.9 Å². The minimum Gasteiger partial charge on any atom is -0.326 e. The van der Waals surface area contributed by atoms with E-state index in [1.807, 2.05) is 11.3 Å². The molecule has 13 heavy (non-hydrogen) atoms. The lowest BCUT2D eigenvalue weighted by molar-refractivity contribution is 0.238. The molecule has 0 saturated carbocycles. The van der Waals surface area contributed by atoms with Crippen LogP contribution in [0.25, 0.3) is 0 Å². The first kappa shape index (κ1) is 7.97. The van der Waals surface area contributed by atoms with Gasteiger partial charge >= 0.3 is 0 Å². The third-order valence-corrected chi connectivity index (χ3v) is 4.30. The molecule has 1 aromatic heterocycles. The molecule has 3 heteroatoms. The lowest BCUT2D eigenvalue weighted by Gasteiger charge is -2.31. The van der Waals surface area contributed by atoms with Crippen LogP contribution in [0.1, 0.15) is 22.9 Å². The normalized spacial score (nSPS) is 33.0. The van der Waals surface area contributed by atoms with Gasteiger partial charge in [0, 0.05) is 24.0 Å². The van der Waals surface area contributed by atoms with Gasteiger partial charge in [0.15, 0.2) is 0 Å². The van der Waals surface area contributed by atoms with Gasteiger partial charge in [-0.05, 0) is 29.9 Å². The van der Waals surface area contributed by atoms with Crippen molar-refractivity contribution in [2.24, 2.45) is 5.73 Å². The molecule has 1 aromatic rings. The predicted molar refractivity (Wildman–Crippen MR) is 54.9 cm³/mol. The number of nitrogens with zero attached hydrogens (tertiary/aromatic N) is 1. The molecule has 70 valence electrons. The summed E-state index contributed by atoms with van der Waals surface area (Å²) in [6, 6.07) is 3.18. The molecule has 3 heterocycles. The van der Waals surface area contributed by atoms with Gasteiger partial charge in [0.2, 0.25) is 0 Å². The summed E-state index contributed by atoms with van der Waals surface area (Å²) in [6.45, 7) is 2.41. The maximum absolute atomic E-state index is 6.13. The Bertz CT molecular complexity index is 320. The van der Waals surface area contributed by atoms with E-state index in [2.05, 4.69) is 16.3 Å². The first-order chi connectivity index (χ1) is 6.36. The van der Waals surface area contributed by atoms with Crippen molar-refractivity contribution in [3.8, 4) is 0 Å². The van der Waals surface area contributed by atoms with Crippen LogP contribution in [0.4, 0.5) is 0 Å². The fourth-order valence-electron chi connectivity index (χ4n) is 2.57. The molecule has 0 radical (unpaired) electrons. The topological polar surface area (TPSA) is 29.3 Å². The second kappa shape index (κ2) is 2.80. The maximum Gasteiger partial charge on any atom is 0.0596 e. The van der Waals surface area contributed by atoms with Crippen molar-refractivity contribution < 1.29 is 0 Å². The van der Waals surface area contributed by atoms with Crippen molar-refractivity contribution in [3.05, 3.63) is 21.9 Å². The van der Waals surface area contributed by atoms with Crippen LogP contribution in [-0.2, 0) is 6.42 Å². The molecule has 3 rings (SSSR count). The number of rotatable bonds is 0. The summed E-state index contributed by atoms with van der Waals surface area (Å²) in [6.07, 6.45) is 2.39. The van der Waals surface area contributed by atoms with Gasteiger partial charge < -0.3 is 5.73 Å². The van der Waals surface area contributed by atoms with Gasteiger partial charge in [-0.3, -0.25) is 4.90 Å². The molecular formula is C10H14N2S. The summed E-state index contributed by atoms with van der Waals surface area (Å²) in [5.41, 5.74) is 7.67. The van der Waals surface area contributed by atoms with Gasteiger partial charge in [-0.2, -0.15) is 0 Å². The molecule has 2 atom stereocenters. The number of nitrogens with two attached hydrogens (primary N) is 1. The van der Waals surface area contributed by atoms with Crippen molar-refractivity contribution in [1.82, 2.24) is 4.90 Å². The minimum absolute atomic E-state index is 0.373. The monoisotopic (exact) mass is 194 g/mol. The second-order valence-electron chi connectivity index (χ2n) is 3.99. The standard InChI is InChI=1S/C10H14N2S/c11-8-2-5-12-4-1-7-3-6-13-10(7)9(8)12/h3,6,8-9H,1-2,4-5,11H2. The van der Waals surface area contributed by atoms with Crippen LogP contribution in [-0.4, -0.2) is 24.0 Å². The molecule has 2 unspecified atom stereocenters. The number of hydrogen-bond acceptors (Lipinski definition) is 3. The van der Waals surface area contributed by atoms with E-state index in [1.54, 1.807) is 5.56 Å². The van der Waals surface area contributed by atoms with Crippen LogP contribution in [0.2, 0.25) is 0 Å². The van der Waals surface area contributed by atoms with Crippen molar-refractivity contribution in [3.63, 3.8) is 0 Å². The predicted octanol–water partition coefficient (Wildman–Crippen LogP) is 1.38. The van der Waals surface area contributed by atoms with Gasteiger partial charge in [-0.25, -0.2) is 0 Å². The molecule has 0 bridgehead atoms. The fourth-order valence-corrected chi connectivity index (χ4v) is 3.73. The summed E-state index contributed by atoms with van der Waals surface area (Å²) >= 11 is 1.88. The fraction of sp³-hybridized carbons (Fsp3) is 0.600. The Morgan fingerprint density at radius 3 is 3.31 bits per heavy atom. The van der Waals surface area contributed by atoms with E-state index in [0.717, 1.165) is 0 Å². The number of hydrogen-bond donors (Lipinski definition) is 1. The Morgan fingerprint density at radius 1 is 1.46 bits per heavy atom. The van der Waals surface area contributed by atoms with Crippen LogP contribution in [0.15, 0.2) is 11.4 Å². The average Bonchev–Trinajstić information content (AvgIpc) is 2.70. The van der Waals surface area contributed by atoms with Crippen LogP contribution < -0.4 is 5.73 Å². The van der Waals surface area contributed by atoms with Gasteiger partial charge in [-0.15, -0.1) is 11.3 Å². The van der Waals surface area contributed by atoms with Crippen LogP contribution >= 0.6 is 11.3 Å². The highest BCUT2D eigenvalue weighted by molar-refractivity contribution is 7.10. The molecule has 2 aliphatic heterocycles. The quantitative estimate of drug-likeness (QED) is 0.676. The second-order valence-corrected chi connectivity index (χ2v) is 4.94. The van der Waals surface area contributed by atoms with Crippen molar-refractivity contribution in [2.75, 3.05) is 13.1 Å². The third kappa shape index (κ3) is 1.08. The first-order valence-corrected chi connectivity index (χ1v) is 5.80. The van der Waals surface area contributed by atoms with Gasteiger partial charge in [0.25, 0.3) is 0 Å². The van der Waals surface area contributed by atoms with E-state index in [-0.39, 0.29) is 0 Å². The molecule has 0 aliphatic carbocycles. The number of thiophene rings is 1. The van der Waals surface area contributed by atoms with Gasteiger partial charge in [0.1, 0.15) is 0 Å². The molecule has 2 aliphatic rings. The molecule has 0 spiro atoms. The van der Waals surface area contributed by atoms with Crippen molar-refractivity contribution >= 4 is 11.3 Å². The highest BCUT2D eigenvalue weighted by atomic mass is 32.1. The van der Waals surface area contributed by atoms with E-state index >= 15 is 0 Å². The van der Waals surface area contributed by atoms with Gasteiger partial charge in [0.05, 0.1) is 6.04 Å². The zero-order chi connectivity index (χ0) is 8.84. The van der Waals surface area contributed by atoms with Crippen LogP contribution in [0.5, 0.6) is 0 Å². The Morgan fingerprint density at radius 2 is 2.38 bits per heavy atom. The summed E-state index contributed by atoms with van der Waals surface area (Å²) < 4.78 is 0. The van der Waals surface area contributed by atoms with Gasteiger partial charge in [-0.1, -0.05) is 0 Å². The lowest BCUT2D eigenvalue weighted by Crippen LogP contribution is -2.36. The molecule has 2 N–H and O–H groups in total. The first-order valence-electron chi connectivity index (χ1n) is 4.92. The van der Waals surface area contributed by atoms with E-state index in [4.69, 9.17) is 5.73 Å². The number of fused-ring (bicyclic) bond motifs is 3. The average molecular weight is 194 g/mol. The van der Waals surface area contributed by atoms with Crippen LogP contribution in [0.3, 0.4) is 0 Å². The summed E-state index contributed by atoms with van der Waals surface area (Å²) in [4.78, 5) is 4.08. The summed E-state index contributed by atoms with van der Waals surface area (Å²) in [7, 11) is 0. The molecule has 2 nitrogen and oxygen atoms in total. The van der Waals surface area contributed by atoms with E-state index in [9.17, 15) is 0 Å². The van der Waals surface area contributed by atoms with E-state index < -0.39 is 0 Å². The Hall–Kier alpha value is -0.380.